The maximum atomic E-state index is 13.5. The Morgan fingerprint density at radius 2 is 2.00 bits per heavy atom. The van der Waals surface area contributed by atoms with Gasteiger partial charge in [-0.15, -0.1) is 0 Å². The Hall–Kier alpha value is -3.15. The van der Waals surface area contributed by atoms with Crippen LogP contribution >= 0.6 is 0 Å². The predicted molar refractivity (Wildman–Crippen MR) is 108 cm³/mol. The van der Waals surface area contributed by atoms with Gasteiger partial charge in [0.1, 0.15) is 12.4 Å². The lowest BCUT2D eigenvalue weighted by atomic mass is 10.1. The number of piperazine rings is 1. The number of aromatic nitrogens is 2. The third-order valence-corrected chi connectivity index (χ3v) is 6.23. The van der Waals surface area contributed by atoms with Crippen molar-refractivity contribution in [1.29, 1.82) is 0 Å². The van der Waals surface area contributed by atoms with Gasteiger partial charge in [-0.25, -0.2) is 22.4 Å². The quantitative estimate of drug-likeness (QED) is 0.680. The highest BCUT2D eigenvalue weighted by Crippen LogP contribution is 2.31. The molecule has 12 heteroatoms. The van der Waals surface area contributed by atoms with E-state index in [0.717, 1.165) is 12.1 Å². The van der Waals surface area contributed by atoms with Gasteiger partial charge < -0.3 is 14.5 Å². The fourth-order valence-electron chi connectivity index (χ4n) is 4.58. The molecule has 2 aromatic rings. The number of nitrogens with one attached hydrogen (secondary N) is 1. The molecule has 1 aromatic heterocycles. The van der Waals surface area contributed by atoms with Gasteiger partial charge >= 0.3 is 5.69 Å². The molecular formula is C21H21F4N5O3. The molecule has 0 spiro atoms. The Labute approximate surface area is 185 Å². The highest BCUT2D eigenvalue weighted by molar-refractivity contribution is 5.82. The van der Waals surface area contributed by atoms with E-state index in [1.54, 1.807) is 11.0 Å². The smallest absolute Gasteiger partial charge is 0.352 e. The summed E-state index contributed by atoms with van der Waals surface area (Å²) in [6.07, 6.45) is -0.515. The third kappa shape index (κ3) is 4.14. The lowest BCUT2D eigenvalue weighted by Gasteiger charge is -2.39. The lowest BCUT2D eigenvalue weighted by molar-refractivity contribution is -0.134. The zero-order valence-corrected chi connectivity index (χ0v) is 17.4. The van der Waals surface area contributed by atoms with Crippen LogP contribution in [0.4, 0.5) is 23.4 Å². The van der Waals surface area contributed by atoms with Crippen molar-refractivity contribution >= 4 is 11.7 Å². The van der Waals surface area contributed by atoms with Gasteiger partial charge in [0.2, 0.25) is 11.8 Å². The monoisotopic (exact) mass is 467 g/mol. The predicted octanol–water partition coefficient (Wildman–Crippen LogP) is 1.13. The van der Waals surface area contributed by atoms with Gasteiger partial charge in [-0.3, -0.25) is 14.7 Å². The summed E-state index contributed by atoms with van der Waals surface area (Å²) in [7, 11) is 0. The summed E-state index contributed by atoms with van der Waals surface area (Å²) in [5.74, 6) is -4.58. The molecule has 1 N–H and O–H groups in total. The minimum atomic E-state index is -2.89. The van der Waals surface area contributed by atoms with Gasteiger partial charge in [0.05, 0.1) is 25.2 Å². The summed E-state index contributed by atoms with van der Waals surface area (Å²) in [5, 5.41) is 2.59. The van der Waals surface area contributed by atoms with Gasteiger partial charge in [-0.2, -0.15) is 4.98 Å². The Bertz CT molecular complexity index is 1160. The molecule has 1 unspecified atom stereocenters. The number of anilines is 1. The van der Waals surface area contributed by atoms with Crippen LogP contribution in [0.5, 0.6) is 5.88 Å². The number of benzene rings is 1. The van der Waals surface area contributed by atoms with Crippen molar-refractivity contribution in [3.05, 3.63) is 51.9 Å². The number of fused-ring (bicyclic) bond motifs is 3. The molecule has 5 rings (SSSR count). The van der Waals surface area contributed by atoms with Gasteiger partial charge in [-0.1, -0.05) is 6.07 Å². The Balaban J connectivity index is 1.27. The SMILES string of the molecule is O=C([C@@H]1CC(F)(F)CN1)N1CCN2c3cc(OCc4ccc(F)c(F)c4)nc(=O)n3CC2C1. The summed E-state index contributed by atoms with van der Waals surface area (Å²) in [6, 6.07) is 3.87. The first-order valence-electron chi connectivity index (χ1n) is 10.6. The van der Waals surface area contributed by atoms with Gasteiger partial charge in [0.25, 0.3) is 5.92 Å². The van der Waals surface area contributed by atoms with E-state index in [9.17, 15) is 27.2 Å². The van der Waals surface area contributed by atoms with Crippen molar-refractivity contribution < 1.29 is 27.1 Å². The second kappa shape index (κ2) is 8.01. The largest absolute Gasteiger partial charge is 0.473 e. The van der Waals surface area contributed by atoms with E-state index in [4.69, 9.17) is 4.74 Å². The fraction of sp³-hybridized carbons (Fsp3) is 0.476. The molecule has 1 aromatic carbocycles. The first-order chi connectivity index (χ1) is 15.7. The summed E-state index contributed by atoms with van der Waals surface area (Å²) in [6.45, 7) is 0.758. The molecule has 4 heterocycles. The van der Waals surface area contributed by atoms with Crippen LogP contribution in [0.2, 0.25) is 0 Å². The van der Waals surface area contributed by atoms with Crippen molar-refractivity contribution in [3.63, 3.8) is 0 Å². The first kappa shape index (κ1) is 21.7. The van der Waals surface area contributed by atoms with Crippen LogP contribution in [0.15, 0.2) is 29.1 Å². The summed E-state index contributed by atoms with van der Waals surface area (Å²) >= 11 is 0. The molecule has 0 aliphatic carbocycles. The third-order valence-electron chi connectivity index (χ3n) is 6.23. The number of hydrogen-bond donors (Lipinski definition) is 1. The van der Waals surface area contributed by atoms with Crippen LogP contribution in [0.1, 0.15) is 12.0 Å². The number of hydrogen-bond acceptors (Lipinski definition) is 6. The van der Waals surface area contributed by atoms with Crippen molar-refractivity contribution in [2.75, 3.05) is 31.1 Å². The molecule has 0 radical (unpaired) electrons. The first-order valence-corrected chi connectivity index (χ1v) is 10.6. The molecule has 0 bridgehead atoms. The number of carbonyl (C=O) groups excluding carboxylic acids is 1. The molecule has 33 heavy (non-hydrogen) atoms. The van der Waals surface area contributed by atoms with Crippen molar-refractivity contribution in [2.45, 2.75) is 37.6 Å². The number of halogens is 4. The van der Waals surface area contributed by atoms with Gasteiger partial charge in [-0.05, 0) is 17.7 Å². The van der Waals surface area contributed by atoms with Gasteiger partial charge in [0.15, 0.2) is 11.6 Å². The highest BCUT2D eigenvalue weighted by atomic mass is 19.3. The molecule has 176 valence electrons. The van der Waals surface area contributed by atoms with Crippen LogP contribution in [-0.2, 0) is 17.9 Å². The number of rotatable bonds is 4. The molecular weight excluding hydrogens is 446 g/mol. The molecule has 1 amide bonds. The van der Waals surface area contributed by atoms with Crippen molar-refractivity contribution in [1.82, 2.24) is 19.8 Å². The van der Waals surface area contributed by atoms with E-state index >= 15 is 0 Å². The van der Waals surface area contributed by atoms with E-state index in [2.05, 4.69) is 10.3 Å². The Morgan fingerprint density at radius 1 is 1.18 bits per heavy atom. The molecule has 2 atom stereocenters. The average molecular weight is 467 g/mol. The Kier molecular flexibility index (Phi) is 5.26. The average Bonchev–Trinajstić information content (AvgIpc) is 3.33. The summed E-state index contributed by atoms with van der Waals surface area (Å²) < 4.78 is 60.4. The van der Waals surface area contributed by atoms with Crippen LogP contribution in [0.3, 0.4) is 0 Å². The van der Waals surface area contributed by atoms with E-state index in [1.165, 1.54) is 10.6 Å². The number of ether oxygens (including phenoxy) is 1. The minimum Gasteiger partial charge on any atom is -0.473 e. The molecule has 8 nitrogen and oxygen atoms in total. The number of nitrogens with zero attached hydrogens (tertiary/aromatic N) is 4. The standard InChI is InChI=1S/C21H21F4N5O3/c22-14-2-1-12(5-15(14)23)10-33-17-6-18-29-4-3-28(8-13(29)9-30(18)20(32)27-17)19(31)16-7-21(24,25)11-26-16/h1-2,5-6,13,16,26H,3-4,7-11H2/t13?,16-/m0/s1. The molecule has 3 aliphatic heterocycles. The zero-order chi connectivity index (χ0) is 23.3. The maximum Gasteiger partial charge on any atom is 0.352 e. The maximum absolute atomic E-state index is 13.5. The van der Waals surface area contributed by atoms with Gasteiger partial charge in [0, 0.05) is 32.1 Å². The van der Waals surface area contributed by atoms with E-state index in [-0.39, 0.29) is 24.4 Å². The normalized spacial score (nSPS) is 23.4. The molecule has 2 fully saturated rings. The van der Waals surface area contributed by atoms with Crippen molar-refractivity contribution in [3.8, 4) is 5.88 Å². The van der Waals surface area contributed by atoms with Crippen LogP contribution in [0, 0.1) is 11.6 Å². The molecule has 2 saturated heterocycles. The number of amides is 1. The number of carbonyl (C=O) groups is 1. The van der Waals surface area contributed by atoms with E-state index in [0.29, 0.717) is 37.6 Å². The molecule has 0 saturated carbocycles. The van der Waals surface area contributed by atoms with E-state index in [1.807, 2.05) is 4.90 Å². The second-order valence-corrected chi connectivity index (χ2v) is 8.51. The van der Waals surface area contributed by atoms with Crippen LogP contribution in [-0.4, -0.2) is 64.5 Å². The van der Waals surface area contributed by atoms with Crippen molar-refractivity contribution in [2.24, 2.45) is 0 Å². The second-order valence-electron chi connectivity index (χ2n) is 8.51. The van der Waals surface area contributed by atoms with Crippen LogP contribution in [0.25, 0.3) is 0 Å². The molecule has 3 aliphatic rings. The number of alkyl halides is 2. The topological polar surface area (TPSA) is 79.7 Å². The van der Waals surface area contributed by atoms with Crippen LogP contribution < -0.4 is 20.6 Å². The summed E-state index contributed by atoms with van der Waals surface area (Å²) in [4.78, 5) is 32.7. The zero-order valence-electron chi connectivity index (χ0n) is 17.4. The highest BCUT2D eigenvalue weighted by Gasteiger charge is 2.45. The van der Waals surface area contributed by atoms with E-state index < -0.39 is 42.3 Å². The summed E-state index contributed by atoms with van der Waals surface area (Å²) in [5.41, 5.74) is -0.149. The lowest BCUT2D eigenvalue weighted by Crippen LogP contribution is -2.56. The Morgan fingerprint density at radius 3 is 2.73 bits per heavy atom. The minimum absolute atomic E-state index is 0.0486. The fourth-order valence-corrected chi connectivity index (χ4v) is 4.58.